The van der Waals surface area contributed by atoms with Crippen LogP contribution in [0.5, 0.6) is 0 Å². The van der Waals surface area contributed by atoms with E-state index in [1.165, 1.54) is 22.7 Å². The summed E-state index contributed by atoms with van der Waals surface area (Å²) in [5.74, 6) is -0.249. The first-order valence-corrected chi connectivity index (χ1v) is 9.13. The van der Waals surface area contributed by atoms with Crippen molar-refractivity contribution in [3.8, 4) is 0 Å². The van der Waals surface area contributed by atoms with Gasteiger partial charge in [0.15, 0.2) is 5.13 Å². The monoisotopic (exact) mass is 424 g/mol. The van der Waals surface area contributed by atoms with E-state index >= 15 is 0 Å². The topological polar surface area (TPSA) is 83.1 Å². The molecule has 0 saturated heterocycles. The second-order valence-corrected chi connectivity index (χ2v) is 6.82. The Bertz CT molecular complexity index is 650. The van der Waals surface area contributed by atoms with Crippen molar-refractivity contribution in [1.82, 2.24) is 15.6 Å². The highest BCUT2D eigenvalue weighted by molar-refractivity contribution is 7.14. The predicted molar refractivity (Wildman–Crippen MR) is 109 cm³/mol. The zero-order valence-corrected chi connectivity index (χ0v) is 17.2. The molecule has 0 unspecified atom stereocenters. The third-order valence-electron chi connectivity index (χ3n) is 3.02. The number of amides is 2. The quantitative estimate of drug-likeness (QED) is 0.607. The summed E-state index contributed by atoms with van der Waals surface area (Å²) in [6.07, 6.45) is 0.213. The van der Waals surface area contributed by atoms with E-state index < -0.39 is 0 Å². The molecule has 2 amide bonds. The fourth-order valence-corrected chi connectivity index (χ4v) is 3.25. The van der Waals surface area contributed by atoms with Gasteiger partial charge >= 0.3 is 0 Å². The molecule has 0 fully saturated rings. The molecule has 2 aromatic heterocycles. The van der Waals surface area contributed by atoms with Gasteiger partial charge in [0.2, 0.25) is 5.91 Å². The van der Waals surface area contributed by atoms with Gasteiger partial charge in [0.1, 0.15) is 0 Å². The molecule has 2 heterocycles. The first-order chi connectivity index (χ1) is 11.1. The average Bonchev–Trinajstić information content (AvgIpc) is 3.17. The second kappa shape index (κ2) is 12.2. The third kappa shape index (κ3) is 8.15. The lowest BCUT2D eigenvalue weighted by atomic mass is 10.3. The summed E-state index contributed by atoms with van der Waals surface area (Å²) in [6, 6.07) is 3.82. The summed E-state index contributed by atoms with van der Waals surface area (Å²) in [4.78, 5) is 28.7. The maximum atomic E-state index is 11.9. The number of halogens is 2. The summed E-state index contributed by atoms with van der Waals surface area (Å²) in [6.45, 7) is 5.50. The Kier molecular flexibility index (Phi) is 11.6. The maximum Gasteiger partial charge on any atom is 0.267 e. The molecule has 0 aromatic carbocycles. The van der Waals surface area contributed by atoms with Crippen molar-refractivity contribution in [2.45, 2.75) is 26.3 Å². The molecule has 0 aliphatic rings. The number of carbonyl (C=O) groups is 2. The van der Waals surface area contributed by atoms with Crippen molar-refractivity contribution in [1.29, 1.82) is 0 Å². The molecule has 10 heteroatoms. The van der Waals surface area contributed by atoms with Gasteiger partial charge in [-0.15, -0.1) is 47.5 Å². The largest absolute Gasteiger partial charge is 0.354 e. The summed E-state index contributed by atoms with van der Waals surface area (Å²) < 4.78 is 0. The number of carbonyl (C=O) groups excluding carboxylic acids is 2. The van der Waals surface area contributed by atoms with Crippen LogP contribution in [0, 0.1) is 0 Å². The van der Waals surface area contributed by atoms with E-state index in [1.807, 2.05) is 25.3 Å². The SMILES string of the molecule is CCN[C@H](C)CNC(=O)Cc1csc(NC(=O)c2cccs2)n1.Cl.Cl. The molecule has 3 N–H and O–H groups in total. The molecular weight excluding hydrogens is 403 g/mol. The van der Waals surface area contributed by atoms with E-state index in [0.29, 0.717) is 22.2 Å². The smallest absolute Gasteiger partial charge is 0.267 e. The highest BCUT2D eigenvalue weighted by atomic mass is 35.5. The van der Waals surface area contributed by atoms with Gasteiger partial charge in [-0.05, 0) is 24.9 Å². The van der Waals surface area contributed by atoms with Gasteiger partial charge < -0.3 is 10.6 Å². The van der Waals surface area contributed by atoms with Crippen molar-refractivity contribution < 1.29 is 9.59 Å². The fraction of sp³-hybridized carbons (Fsp3) is 0.400. The Hall–Kier alpha value is -1.19. The van der Waals surface area contributed by atoms with Crippen molar-refractivity contribution in [3.63, 3.8) is 0 Å². The Morgan fingerprint density at radius 1 is 1.28 bits per heavy atom. The molecule has 2 aromatic rings. The van der Waals surface area contributed by atoms with E-state index in [-0.39, 0.29) is 49.1 Å². The van der Waals surface area contributed by atoms with Crippen LogP contribution < -0.4 is 16.0 Å². The van der Waals surface area contributed by atoms with Gasteiger partial charge in [-0.2, -0.15) is 0 Å². The van der Waals surface area contributed by atoms with Gasteiger partial charge in [0, 0.05) is 18.0 Å². The molecule has 2 rings (SSSR count). The van der Waals surface area contributed by atoms with Gasteiger partial charge in [-0.3, -0.25) is 14.9 Å². The van der Waals surface area contributed by atoms with Crippen LogP contribution in [0.25, 0.3) is 0 Å². The van der Waals surface area contributed by atoms with E-state index in [9.17, 15) is 9.59 Å². The van der Waals surface area contributed by atoms with Crippen LogP contribution in [0.2, 0.25) is 0 Å². The number of rotatable bonds is 8. The van der Waals surface area contributed by atoms with Crippen molar-refractivity contribution >= 4 is 64.4 Å². The van der Waals surface area contributed by atoms with Crippen LogP contribution in [0.3, 0.4) is 0 Å². The van der Waals surface area contributed by atoms with Crippen LogP contribution in [-0.2, 0) is 11.2 Å². The van der Waals surface area contributed by atoms with Crippen LogP contribution in [0.4, 0.5) is 5.13 Å². The minimum Gasteiger partial charge on any atom is -0.354 e. The summed E-state index contributed by atoms with van der Waals surface area (Å²) in [5.41, 5.74) is 0.657. The standard InChI is InChI=1S/C15H20N4O2S2.2ClH/c1-3-16-10(2)8-17-13(20)7-11-9-23-15(18-11)19-14(21)12-5-4-6-22-12;;/h4-6,9-10,16H,3,7-8H2,1-2H3,(H,17,20)(H,18,19,21);2*1H/t10-;;/m1../s1. The van der Waals surface area contributed by atoms with E-state index in [1.54, 1.807) is 11.4 Å². The normalized spacial score (nSPS) is 11.0. The summed E-state index contributed by atoms with van der Waals surface area (Å²) in [7, 11) is 0. The van der Waals surface area contributed by atoms with Crippen LogP contribution in [0.15, 0.2) is 22.9 Å². The molecule has 0 aliphatic heterocycles. The summed E-state index contributed by atoms with van der Waals surface area (Å²) in [5, 5.41) is 13.0. The molecule has 6 nitrogen and oxygen atoms in total. The van der Waals surface area contributed by atoms with E-state index in [4.69, 9.17) is 0 Å². The first kappa shape index (κ1) is 23.8. The average molecular weight is 425 g/mol. The predicted octanol–water partition coefficient (Wildman–Crippen LogP) is 2.96. The van der Waals surface area contributed by atoms with Crippen molar-refractivity contribution in [2.24, 2.45) is 0 Å². The number of hydrogen-bond donors (Lipinski definition) is 3. The lowest BCUT2D eigenvalue weighted by molar-refractivity contribution is -0.120. The number of anilines is 1. The Balaban J connectivity index is 0.00000288. The number of thiazole rings is 1. The number of nitrogens with one attached hydrogen (secondary N) is 3. The molecule has 0 radical (unpaired) electrons. The molecular formula is C15H22Cl2N4O2S2. The fourth-order valence-electron chi connectivity index (χ4n) is 1.93. The molecule has 0 spiro atoms. The number of thiophene rings is 1. The Morgan fingerprint density at radius 3 is 2.68 bits per heavy atom. The van der Waals surface area contributed by atoms with Crippen LogP contribution in [0.1, 0.15) is 29.2 Å². The highest BCUT2D eigenvalue weighted by Crippen LogP contribution is 2.18. The Morgan fingerprint density at radius 2 is 2.04 bits per heavy atom. The minimum atomic E-state index is -0.176. The Labute approximate surface area is 167 Å². The highest BCUT2D eigenvalue weighted by Gasteiger charge is 2.12. The lowest BCUT2D eigenvalue weighted by Crippen LogP contribution is -2.39. The minimum absolute atomic E-state index is 0. The summed E-state index contributed by atoms with van der Waals surface area (Å²) >= 11 is 2.69. The van der Waals surface area contributed by atoms with Gasteiger partial charge in [-0.1, -0.05) is 13.0 Å². The maximum absolute atomic E-state index is 11.9. The molecule has 140 valence electrons. The number of nitrogens with zero attached hydrogens (tertiary/aromatic N) is 1. The molecule has 0 bridgehead atoms. The number of aromatic nitrogens is 1. The lowest BCUT2D eigenvalue weighted by Gasteiger charge is -2.12. The van der Waals surface area contributed by atoms with Gasteiger partial charge in [0.05, 0.1) is 17.0 Å². The first-order valence-electron chi connectivity index (χ1n) is 7.37. The number of likely N-dealkylation sites (N-methyl/N-ethyl adjacent to an activating group) is 1. The second-order valence-electron chi connectivity index (χ2n) is 5.02. The van der Waals surface area contributed by atoms with Crippen molar-refractivity contribution in [3.05, 3.63) is 33.5 Å². The van der Waals surface area contributed by atoms with Crippen LogP contribution in [-0.4, -0.2) is 35.9 Å². The zero-order valence-electron chi connectivity index (χ0n) is 13.9. The zero-order chi connectivity index (χ0) is 16.7. The molecule has 25 heavy (non-hydrogen) atoms. The van der Waals surface area contributed by atoms with Gasteiger partial charge in [0.25, 0.3) is 5.91 Å². The third-order valence-corrected chi connectivity index (χ3v) is 4.69. The van der Waals surface area contributed by atoms with Crippen molar-refractivity contribution in [2.75, 3.05) is 18.4 Å². The van der Waals surface area contributed by atoms with E-state index in [2.05, 4.69) is 20.9 Å². The molecule has 0 saturated carbocycles. The van der Waals surface area contributed by atoms with Gasteiger partial charge in [-0.25, -0.2) is 4.98 Å². The van der Waals surface area contributed by atoms with Crippen LogP contribution >= 0.6 is 47.5 Å². The number of hydrogen-bond acceptors (Lipinski definition) is 6. The molecule has 0 aliphatic carbocycles. The van der Waals surface area contributed by atoms with E-state index in [0.717, 1.165) is 6.54 Å². The molecule has 1 atom stereocenters.